The van der Waals surface area contributed by atoms with Crippen molar-refractivity contribution >= 4 is 34.0 Å². The van der Waals surface area contributed by atoms with Gasteiger partial charge in [0.05, 0.1) is 9.41 Å². The molecule has 0 unspecified atom stereocenters. The van der Waals surface area contributed by atoms with E-state index in [2.05, 4.69) is 15.9 Å². The third-order valence-electron chi connectivity index (χ3n) is 1.52. The van der Waals surface area contributed by atoms with E-state index in [-0.39, 0.29) is 5.69 Å². The Morgan fingerprint density at radius 2 is 1.93 bits per heavy atom. The summed E-state index contributed by atoms with van der Waals surface area (Å²) in [7, 11) is 0. The Kier molecular flexibility index (Phi) is 3.53. The van der Waals surface area contributed by atoms with Crippen molar-refractivity contribution in [3.63, 3.8) is 0 Å². The smallest absolute Gasteiger partial charge is 0.269 e. The number of rotatable bonds is 3. The van der Waals surface area contributed by atoms with Crippen LogP contribution >= 0.6 is 15.9 Å². The normalized spacial score (nSPS) is 11.1. The fourth-order valence-corrected chi connectivity index (χ4v) is 1.15. The van der Waals surface area contributed by atoms with Gasteiger partial charge < -0.3 is 0 Å². The van der Waals surface area contributed by atoms with Gasteiger partial charge in [0.25, 0.3) is 5.69 Å². The molecule has 0 aromatic heterocycles. The number of hydrogen-bond acceptors (Lipinski definition) is 3. The van der Waals surface area contributed by atoms with Gasteiger partial charge in [0.15, 0.2) is 6.29 Å². The lowest BCUT2D eigenvalue weighted by molar-refractivity contribution is -0.384. The number of aldehydes is 1. The molecule has 0 fully saturated rings. The molecule has 0 aliphatic carbocycles. The second-order valence-electron chi connectivity index (χ2n) is 2.50. The van der Waals surface area contributed by atoms with Gasteiger partial charge in [0, 0.05) is 12.1 Å². The summed E-state index contributed by atoms with van der Waals surface area (Å²) in [4.78, 5) is 20.1. The van der Waals surface area contributed by atoms with Gasteiger partial charge in [-0.25, -0.2) is 0 Å². The second-order valence-corrected chi connectivity index (χ2v) is 3.41. The highest BCUT2D eigenvalue weighted by molar-refractivity contribution is 9.12. The zero-order valence-corrected chi connectivity index (χ0v) is 8.60. The quantitative estimate of drug-likeness (QED) is 0.361. The summed E-state index contributed by atoms with van der Waals surface area (Å²) in [5, 5.41) is 10.3. The van der Waals surface area contributed by atoms with Gasteiger partial charge >= 0.3 is 0 Å². The number of allylic oxidation sites excluding steroid dienone is 1. The lowest BCUT2D eigenvalue weighted by atomic mass is 10.2. The fourth-order valence-electron chi connectivity index (χ4n) is 0.886. The average molecular weight is 256 g/mol. The highest BCUT2D eigenvalue weighted by Gasteiger charge is 2.02. The van der Waals surface area contributed by atoms with Crippen molar-refractivity contribution in [1.29, 1.82) is 0 Å². The maximum absolute atomic E-state index is 10.3. The fraction of sp³-hybridized carbons (Fsp3) is 0. The van der Waals surface area contributed by atoms with Crippen molar-refractivity contribution in [3.05, 3.63) is 44.4 Å². The highest BCUT2D eigenvalue weighted by atomic mass is 79.9. The number of carbonyl (C=O) groups excluding carboxylic acids is 1. The Bertz CT molecular complexity index is 384. The minimum Gasteiger partial charge on any atom is -0.297 e. The van der Waals surface area contributed by atoms with Crippen molar-refractivity contribution in [2.75, 3.05) is 0 Å². The predicted molar refractivity (Wildman–Crippen MR) is 56.1 cm³/mol. The molecule has 14 heavy (non-hydrogen) atoms. The number of benzene rings is 1. The van der Waals surface area contributed by atoms with Crippen LogP contribution in [-0.2, 0) is 4.79 Å². The van der Waals surface area contributed by atoms with Gasteiger partial charge in [-0.05, 0) is 39.7 Å². The van der Waals surface area contributed by atoms with E-state index in [0.29, 0.717) is 10.8 Å². The molecule has 0 heterocycles. The van der Waals surface area contributed by atoms with Crippen molar-refractivity contribution in [1.82, 2.24) is 0 Å². The van der Waals surface area contributed by atoms with E-state index in [4.69, 9.17) is 0 Å². The molecule has 1 aromatic carbocycles. The molecule has 0 atom stereocenters. The average Bonchev–Trinajstić information content (AvgIpc) is 2.18. The first-order chi connectivity index (χ1) is 6.63. The molecule has 1 rings (SSSR count). The van der Waals surface area contributed by atoms with Crippen molar-refractivity contribution < 1.29 is 9.72 Å². The number of halogens is 1. The van der Waals surface area contributed by atoms with Crippen LogP contribution in [0.1, 0.15) is 5.56 Å². The SMILES string of the molecule is O=C/C(Br)=C/c1ccc([N+](=O)[O-])cc1. The maximum atomic E-state index is 10.3. The molecular weight excluding hydrogens is 250 g/mol. The lowest BCUT2D eigenvalue weighted by Gasteiger charge is -1.93. The zero-order valence-electron chi connectivity index (χ0n) is 7.01. The lowest BCUT2D eigenvalue weighted by Crippen LogP contribution is -1.86. The van der Waals surface area contributed by atoms with E-state index in [9.17, 15) is 14.9 Å². The third-order valence-corrected chi connectivity index (χ3v) is 1.94. The molecule has 0 radical (unpaired) electrons. The Hall–Kier alpha value is -1.49. The molecule has 5 heteroatoms. The van der Waals surface area contributed by atoms with E-state index >= 15 is 0 Å². The van der Waals surface area contributed by atoms with Crippen LogP contribution in [0.3, 0.4) is 0 Å². The van der Waals surface area contributed by atoms with Crippen LogP contribution in [0.2, 0.25) is 0 Å². The molecular formula is C9H6BrNO3. The van der Waals surface area contributed by atoms with Crippen LogP contribution in [0.4, 0.5) is 5.69 Å². The van der Waals surface area contributed by atoms with E-state index in [1.54, 1.807) is 18.2 Å². The minimum absolute atomic E-state index is 0.0318. The maximum Gasteiger partial charge on any atom is 0.269 e. The second kappa shape index (κ2) is 4.66. The number of nitro groups is 1. The number of non-ortho nitro benzene ring substituents is 1. The summed E-state index contributed by atoms with van der Waals surface area (Å²) >= 11 is 3.02. The van der Waals surface area contributed by atoms with E-state index in [1.807, 2.05) is 0 Å². The molecule has 0 aliphatic rings. The molecule has 0 aliphatic heterocycles. The summed E-state index contributed by atoms with van der Waals surface area (Å²) in [6, 6.07) is 5.92. The van der Waals surface area contributed by atoms with Gasteiger partial charge in [-0.2, -0.15) is 0 Å². The summed E-state index contributed by atoms with van der Waals surface area (Å²) in [5.41, 5.74) is 0.763. The van der Waals surface area contributed by atoms with Crippen molar-refractivity contribution in [3.8, 4) is 0 Å². The Balaban J connectivity index is 2.94. The Labute approximate surface area is 88.5 Å². The number of nitro benzene ring substituents is 1. The van der Waals surface area contributed by atoms with Gasteiger partial charge in [-0.3, -0.25) is 14.9 Å². The molecule has 0 saturated carbocycles. The Morgan fingerprint density at radius 3 is 2.36 bits per heavy atom. The monoisotopic (exact) mass is 255 g/mol. The molecule has 0 bridgehead atoms. The van der Waals surface area contributed by atoms with Crippen molar-refractivity contribution in [2.24, 2.45) is 0 Å². The van der Waals surface area contributed by atoms with Gasteiger partial charge in [-0.1, -0.05) is 0 Å². The van der Waals surface area contributed by atoms with Crippen LogP contribution in [-0.4, -0.2) is 11.2 Å². The number of nitrogens with zero attached hydrogens (tertiary/aromatic N) is 1. The number of carbonyl (C=O) groups is 1. The third kappa shape index (κ3) is 2.77. The van der Waals surface area contributed by atoms with Crippen LogP contribution in [0.5, 0.6) is 0 Å². The first-order valence-corrected chi connectivity index (χ1v) is 4.49. The zero-order chi connectivity index (χ0) is 10.6. The first-order valence-electron chi connectivity index (χ1n) is 3.70. The predicted octanol–water partition coefficient (Wildman–Crippen LogP) is 2.53. The summed E-state index contributed by atoms with van der Waals surface area (Å²) in [6.45, 7) is 0. The van der Waals surface area contributed by atoms with Gasteiger partial charge in [0.2, 0.25) is 0 Å². The first kappa shape index (κ1) is 10.6. The van der Waals surface area contributed by atoms with E-state index in [1.165, 1.54) is 12.1 Å². The van der Waals surface area contributed by atoms with Gasteiger partial charge in [-0.15, -0.1) is 0 Å². The minimum atomic E-state index is -0.470. The van der Waals surface area contributed by atoms with Crippen LogP contribution in [0.25, 0.3) is 6.08 Å². The summed E-state index contributed by atoms with van der Waals surface area (Å²) < 4.78 is 0.395. The molecule has 4 nitrogen and oxygen atoms in total. The largest absolute Gasteiger partial charge is 0.297 e. The van der Waals surface area contributed by atoms with Crippen molar-refractivity contribution in [2.45, 2.75) is 0 Å². The van der Waals surface area contributed by atoms with E-state index in [0.717, 1.165) is 5.56 Å². The molecule has 0 amide bonds. The Morgan fingerprint density at radius 1 is 1.36 bits per heavy atom. The van der Waals surface area contributed by atoms with Crippen LogP contribution in [0.15, 0.2) is 28.7 Å². The van der Waals surface area contributed by atoms with E-state index < -0.39 is 4.92 Å². The molecule has 1 aromatic rings. The molecule has 72 valence electrons. The van der Waals surface area contributed by atoms with Crippen LogP contribution < -0.4 is 0 Å². The highest BCUT2D eigenvalue weighted by Crippen LogP contribution is 2.15. The molecule has 0 spiro atoms. The van der Waals surface area contributed by atoms with Gasteiger partial charge in [0.1, 0.15) is 0 Å². The molecule has 0 N–H and O–H groups in total. The molecule has 0 saturated heterocycles. The number of hydrogen-bond donors (Lipinski definition) is 0. The standard InChI is InChI=1S/C9H6BrNO3/c10-8(6-12)5-7-1-3-9(4-2-7)11(13)14/h1-6H/b8-5-. The topological polar surface area (TPSA) is 60.2 Å². The van der Waals surface area contributed by atoms with Crippen LogP contribution in [0, 0.1) is 10.1 Å². The summed E-state index contributed by atoms with van der Waals surface area (Å²) in [6.07, 6.45) is 2.23. The summed E-state index contributed by atoms with van der Waals surface area (Å²) in [5.74, 6) is 0.